The highest BCUT2D eigenvalue weighted by molar-refractivity contribution is 5.78. The number of amides is 1. The van der Waals surface area contributed by atoms with Gasteiger partial charge in [-0.15, -0.1) is 0 Å². The Kier molecular flexibility index (Phi) is 5.06. The largest absolute Gasteiger partial charge is 0.353 e. The lowest BCUT2D eigenvalue weighted by molar-refractivity contribution is -0.137. The SMILES string of the molecule is CCCN(Cc1cccn1C)C(=O)C1CCCCC1. The summed E-state index contributed by atoms with van der Waals surface area (Å²) in [5.74, 6) is 0.656. The molecule has 0 bridgehead atoms. The van der Waals surface area contributed by atoms with Crippen LogP contribution in [0.1, 0.15) is 51.1 Å². The van der Waals surface area contributed by atoms with Crippen LogP contribution >= 0.6 is 0 Å². The van der Waals surface area contributed by atoms with Gasteiger partial charge in [0.25, 0.3) is 0 Å². The summed E-state index contributed by atoms with van der Waals surface area (Å²) in [6.45, 7) is 3.78. The van der Waals surface area contributed by atoms with Crippen LogP contribution in [0.15, 0.2) is 18.3 Å². The lowest BCUT2D eigenvalue weighted by Gasteiger charge is -2.29. The Morgan fingerprint density at radius 3 is 2.68 bits per heavy atom. The number of carbonyl (C=O) groups excluding carboxylic acids is 1. The van der Waals surface area contributed by atoms with Crippen LogP contribution in [0.2, 0.25) is 0 Å². The van der Waals surface area contributed by atoms with Crippen LogP contribution in [-0.2, 0) is 18.4 Å². The predicted molar refractivity (Wildman–Crippen MR) is 77.7 cm³/mol. The second-order valence-electron chi connectivity index (χ2n) is 5.71. The van der Waals surface area contributed by atoms with E-state index >= 15 is 0 Å². The van der Waals surface area contributed by atoms with E-state index < -0.39 is 0 Å². The molecule has 3 nitrogen and oxygen atoms in total. The summed E-state index contributed by atoms with van der Waals surface area (Å²) in [5, 5.41) is 0. The third-order valence-corrected chi connectivity index (χ3v) is 4.16. The van der Waals surface area contributed by atoms with Gasteiger partial charge >= 0.3 is 0 Å². The Hall–Kier alpha value is -1.25. The molecular weight excluding hydrogens is 236 g/mol. The summed E-state index contributed by atoms with van der Waals surface area (Å²) >= 11 is 0. The first-order valence-corrected chi connectivity index (χ1v) is 7.61. The van der Waals surface area contributed by atoms with Crippen molar-refractivity contribution in [3.63, 3.8) is 0 Å². The second kappa shape index (κ2) is 6.78. The molecule has 2 rings (SSSR count). The second-order valence-corrected chi connectivity index (χ2v) is 5.71. The number of aromatic nitrogens is 1. The third kappa shape index (κ3) is 3.62. The topological polar surface area (TPSA) is 25.2 Å². The van der Waals surface area contributed by atoms with Gasteiger partial charge in [0.15, 0.2) is 0 Å². The molecule has 0 radical (unpaired) electrons. The monoisotopic (exact) mass is 262 g/mol. The van der Waals surface area contributed by atoms with Crippen molar-refractivity contribution < 1.29 is 4.79 Å². The normalized spacial score (nSPS) is 16.5. The molecule has 0 spiro atoms. The van der Waals surface area contributed by atoms with Gasteiger partial charge in [-0.25, -0.2) is 0 Å². The summed E-state index contributed by atoms with van der Waals surface area (Å²) < 4.78 is 2.11. The van der Waals surface area contributed by atoms with E-state index in [-0.39, 0.29) is 5.92 Å². The molecule has 0 atom stereocenters. The lowest BCUT2D eigenvalue weighted by Crippen LogP contribution is -2.37. The Morgan fingerprint density at radius 1 is 1.37 bits per heavy atom. The Bertz CT molecular complexity index is 405. The fourth-order valence-electron chi connectivity index (χ4n) is 3.00. The van der Waals surface area contributed by atoms with E-state index in [1.165, 1.54) is 25.0 Å². The Balaban J connectivity index is 2.02. The lowest BCUT2D eigenvalue weighted by atomic mass is 9.88. The van der Waals surface area contributed by atoms with Gasteiger partial charge in [-0.1, -0.05) is 26.2 Å². The summed E-state index contributed by atoms with van der Waals surface area (Å²) in [6.07, 6.45) is 9.00. The Labute approximate surface area is 116 Å². The van der Waals surface area contributed by atoms with Gasteiger partial charge in [-0.3, -0.25) is 4.79 Å². The zero-order chi connectivity index (χ0) is 13.7. The van der Waals surface area contributed by atoms with E-state index in [0.29, 0.717) is 5.91 Å². The molecule has 1 aliphatic rings. The molecule has 1 saturated carbocycles. The molecule has 0 N–H and O–H groups in total. The van der Waals surface area contributed by atoms with Crippen molar-refractivity contribution >= 4 is 5.91 Å². The maximum atomic E-state index is 12.6. The van der Waals surface area contributed by atoms with Crippen molar-refractivity contribution in [3.05, 3.63) is 24.0 Å². The van der Waals surface area contributed by atoms with E-state index in [1.807, 2.05) is 19.3 Å². The minimum atomic E-state index is 0.278. The van der Waals surface area contributed by atoms with Crippen molar-refractivity contribution in [1.29, 1.82) is 0 Å². The number of carbonyl (C=O) groups is 1. The van der Waals surface area contributed by atoms with Gasteiger partial charge < -0.3 is 9.47 Å². The molecular formula is C16H26N2O. The Morgan fingerprint density at radius 2 is 2.11 bits per heavy atom. The molecule has 3 heteroatoms. The highest BCUT2D eigenvalue weighted by Gasteiger charge is 2.25. The summed E-state index contributed by atoms with van der Waals surface area (Å²) in [4.78, 5) is 14.7. The average Bonchev–Trinajstić information content (AvgIpc) is 2.84. The van der Waals surface area contributed by atoms with Crippen LogP contribution in [0, 0.1) is 5.92 Å². The van der Waals surface area contributed by atoms with Gasteiger partial charge in [0.2, 0.25) is 5.91 Å². The van der Waals surface area contributed by atoms with Crippen LogP contribution in [0.5, 0.6) is 0 Å². The zero-order valence-electron chi connectivity index (χ0n) is 12.3. The van der Waals surface area contributed by atoms with Crippen LogP contribution in [0.3, 0.4) is 0 Å². The highest BCUT2D eigenvalue weighted by Crippen LogP contribution is 2.26. The van der Waals surface area contributed by atoms with Crippen LogP contribution < -0.4 is 0 Å². The molecule has 1 fully saturated rings. The fraction of sp³-hybridized carbons (Fsp3) is 0.688. The molecule has 1 aromatic heterocycles. The van der Waals surface area contributed by atoms with Gasteiger partial charge in [0.05, 0.1) is 6.54 Å². The summed E-state index contributed by atoms with van der Waals surface area (Å²) in [7, 11) is 2.05. The number of rotatable bonds is 5. The maximum absolute atomic E-state index is 12.6. The van der Waals surface area contributed by atoms with E-state index in [4.69, 9.17) is 0 Å². The van der Waals surface area contributed by atoms with E-state index in [1.54, 1.807) is 0 Å². The van der Waals surface area contributed by atoms with E-state index in [9.17, 15) is 4.79 Å². The standard InChI is InChI=1S/C16H26N2O/c1-3-11-18(13-15-10-7-12-17(15)2)16(19)14-8-5-4-6-9-14/h7,10,12,14H,3-6,8-9,11,13H2,1-2H3. The zero-order valence-corrected chi connectivity index (χ0v) is 12.3. The summed E-state index contributed by atoms with van der Waals surface area (Å²) in [6, 6.07) is 4.15. The van der Waals surface area contributed by atoms with Crippen molar-refractivity contribution in [2.45, 2.75) is 52.0 Å². The molecule has 0 aliphatic heterocycles. The molecule has 106 valence electrons. The summed E-state index contributed by atoms with van der Waals surface area (Å²) in [5.41, 5.74) is 1.22. The minimum Gasteiger partial charge on any atom is -0.353 e. The van der Waals surface area contributed by atoms with Gasteiger partial charge in [0, 0.05) is 31.4 Å². The molecule has 0 aromatic carbocycles. The van der Waals surface area contributed by atoms with Crippen molar-refractivity contribution in [2.75, 3.05) is 6.54 Å². The molecule has 0 saturated heterocycles. The predicted octanol–water partition coefficient (Wildman–Crippen LogP) is 3.34. The third-order valence-electron chi connectivity index (χ3n) is 4.16. The van der Waals surface area contributed by atoms with Crippen LogP contribution in [0.25, 0.3) is 0 Å². The van der Waals surface area contributed by atoms with Gasteiger partial charge in [-0.05, 0) is 31.4 Å². The number of nitrogens with zero attached hydrogens (tertiary/aromatic N) is 2. The van der Waals surface area contributed by atoms with Crippen molar-refractivity contribution in [1.82, 2.24) is 9.47 Å². The number of hydrogen-bond acceptors (Lipinski definition) is 1. The molecule has 1 heterocycles. The number of aryl methyl sites for hydroxylation is 1. The van der Waals surface area contributed by atoms with Crippen molar-refractivity contribution in [3.8, 4) is 0 Å². The molecule has 0 unspecified atom stereocenters. The number of hydrogen-bond donors (Lipinski definition) is 0. The average molecular weight is 262 g/mol. The van der Waals surface area contributed by atoms with Gasteiger partial charge in [0.1, 0.15) is 0 Å². The van der Waals surface area contributed by atoms with E-state index in [0.717, 1.165) is 32.4 Å². The molecule has 1 amide bonds. The maximum Gasteiger partial charge on any atom is 0.226 e. The first-order valence-electron chi connectivity index (χ1n) is 7.61. The van der Waals surface area contributed by atoms with E-state index in [2.05, 4.69) is 22.5 Å². The quantitative estimate of drug-likeness (QED) is 0.799. The minimum absolute atomic E-state index is 0.278. The molecule has 1 aromatic rings. The fourth-order valence-corrected chi connectivity index (χ4v) is 3.00. The van der Waals surface area contributed by atoms with Crippen molar-refractivity contribution in [2.24, 2.45) is 13.0 Å². The van der Waals surface area contributed by atoms with Gasteiger partial charge in [-0.2, -0.15) is 0 Å². The molecule has 19 heavy (non-hydrogen) atoms. The highest BCUT2D eigenvalue weighted by atomic mass is 16.2. The first kappa shape index (κ1) is 14.2. The first-order chi connectivity index (χ1) is 9.22. The smallest absolute Gasteiger partial charge is 0.226 e. The van der Waals surface area contributed by atoms with Crippen LogP contribution in [0.4, 0.5) is 0 Å². The van der Waals surface area contributed by atoms with Crippen LogP contribution in [-0.4, -0.2) is 21.9 Å². The molecule has 1 aliphatic carbocycles.